The van der Waals surface area contributed by atoms with Crippen LogP contribution >= 0.6 is 11.6 Å². The van der Waals surface area contributed by atoms with Gasteiger partial charge in [0.25, 0.3) is 0 Å². The lowest BCUT2D eigenvalue weighted by atomic mass is 9.98. The molecule has 112 valence electrons. The summed E-state index contributed by atoms with van der Waals surface area (Å²) in [5.74, 6) is 0.676. The number of aryl methyl sites for hydroxylation is 1. The second kappa shape index (κ2) is 6.33. The summed E-state index contributed by atoms with van der Waals surface area (Å²) >= 11 is 6.04. The molecule has 2 aromatic rings. The van der Waals surface area contributed by atoms with Crippen LogP contribution in [0.15, 0.2) is 30.3 Å². The Kier molecular flexibility index (Phi) is 4.70. The highest BCUT2D eigenvalue weighted by Crippen LogP contribution is 2.36. The molecule has 2 aromatic carbocycles. The molecule has 0 aliphatic rings. The molecule has 1 N–H and O–H groups in total. The molecule has 0 fully saturated rings. The third-order valence-electron chi connectivity index (χ3n) is 3.30. The van der Waals surface area contributed by atoms with Gasteiger partial charge in [-0.1, -0.05) is 11.6 Å². The molecule has 5 heteroatoms. The zero-order valence-electron chi connectivity index (χ0n) is 12.0. The number of aliphatic hydroxyl groups is 1. The van der Waals surface area contributed by atoms with E-state index in [1.54, 1.807) is 25.1 Å². The van der Waals surface area contributed by atoms with Gasteiger partial charge in [-0.3, -0.25) is 0 Å². The third-order valence-corrected chi connectivity index (χ3v) is 3.63. The van der Waals surface area contributed by atoms with Gasteiger partial charge in [-0.2, -0.15) is 0 Å². The molecule has 1 atom stereocenters. The molecule has 0 amide bonds. The van der Waals surface area contributed by atoms with E-state index < -0.39 is 11.9 Å². The topological polar surface area (TPSA) is 38.7 Å². The summed E-state index contributed by atoms with van der Waals surface area (Å²) in [6.07, 6.45) is -1.04. The van der Waals surface area contributed by atoms with Crippen LogP contribution in [0.3, 0.4) is 0 Å². The van der Waals surface area contributed by atoms with Gasteiger partial charge in [-0.25, -0.2) is 4.39 Å². The normalized spacial score (nSPS) is 12.1. The predicted molar refractivity (Wildman–Crippen MR) is 79.8 cm³/mol. The molecule has 0 saturated heterocycles. The lowest BCUT2D eigenvalue weighted by Gasteiger charge is -2.18. The Labute approximate surface area is 127 Å². The number of halogens is 2. The molecular formula is C16H16ClFO3. The van der Waals surface area contributed by atoms with Crippen LogP contribution in [0.2, 0.25) is 5.02 Å². The van der Waals surface area contributed by atoms with Crippen molar-refractivity contribution in [3.8, 4) is 11.5 Å². The lowest BCUT2D eigenvalue weighted by molar-refractivity contribution is 0.214. The summed E-state index contributed by atoms with van der Waals surface area (Å²) in [6.45, 7) is 1.62. The number of methoxy groups -OCH3 is 2. The molecular weight excluding hydrogens is 295 g/mol. The van der Waals surface area contributed by atoms with Crippen LogP contribution in [-0.2, 0) is 0 Å². The first-order valence-electron chi connectivity index (χ1n) is 6.33. The minimum atomic E-state index is -1.04. The van der Waals surface area contributed by atoms with Gasteiger partial charge in [0.1, 0.15) is 23.4 Å². The Morgan fingerprint density at radius 3 is 2.43 bits per heavy atom. The smallest absolute Gasteiger partial charge is 0.127 e. The molecule has 0 saturated carbocycles. The van der Waals surface area contributed by atoms with Crippen molar-refractivity contribution >= 4 is 11.6 Å². The molecule has 0 spiro atoms. The number of ether oxygens (including phenoxy) is 2. The first kappa shape index (κ1) is 15.6. The van der Waals surface area contributed by atoms with Gasteiger partial charge in [0.05, 0.1) is 14.2 Å². The zero-order chi connectivity index (χ0) is 15.6. The Hall–Kier alpha value is -1.78. The zero-order valence-corrected chi connectivity index (χ0v) is 12.7. The quantitative estimate of drug-likeness (QED) is 0.931. The van der Waals surface area contributed by atoms with Crippen LogP contribution in [0, 0.1) is 12.7 Å². The number of benzene rings is 2. The van der Waals surface area contributed by atoms with Gasteiger partial charge in [0.2, 0.25) is 0 Å². The number of hydrogen-bond donors (Lipinski definition) is 1. The van der Waals surface area contributed by atoms with Crippen molar-refractivity contribution in [3.05, 3.63) is 57.9 Å². The minimum Gasteiger partial charge on any atom is -0.497 e. The molecule has 0 aliphatic carbocycles. The van der Waals surface area contributed by atoms with E-state index >= 15 is 0 Å². The molecule has 0 heterocycles. The highest BCUT2D eigenvalue weighted by Gasteiger charge is 2.20. The highest BCUT2D eigenvalue weighted by molar-refractivity contribution is 6.31. The summed E-state index contributed by atoms with van der Waals surface area (Å²) < 4.78 is 23.9. The second-order valence-corrected chi connectivity index (χ2v) is 5.04. The first-order chi connectivity index (χ1) is 9.97. The maximum absolute atomic E-state index is 13.5. The van der Waals surface area contributed by atoms with Crippen LogP contribution in [0.5, 0.6) is 11.5 Å². The van der Waals surface area contributed by atoms with Gasteiger partial charge in [0.15, 0.2) is 0 Å². The predicted octanol–water partition coefficient (Wildman–Crippen LogP) is 3.89. The van der Waals surface area contributed by atoms with Crippen LogP contribution in [0.1, 0.15) is 22.8 Å². The number of rotatable bonds is 4. The Morgan fingerprint density at radius 2 is 1.81 bits per heavy atom. The van der Waals surface area contributed by atoms with E-state index in [1.807, 2.05) is 0 Å². The lowest BCUT2D eigenvalue weighted by Crippen LogP contribution is -2.05. The first-order valence-corrected chi connectivity index (χ1v) is 6.71. The van der Waals surface area contributed by atoms with Gasteiger partial charge < -0.3 is 14.6 Å². The van der Waals surface area contributed by atoms with Crippen molar-refractivity contribution in [2.75, 3.05) is 14.2 Å². The van der Waals surface area contributed by atoms with E-state index in [4.69, 9.17) is 21.1 Å². The Bertz CT molecular complexity index is 658. The van der Waals surface area contributed by atoms with Crippen LogP contribution in [0.25, 0.3) is 0 Å². The fourth-order valence-electron chi connectivity index (χ4n) is 2.11. The summed E-state index contributed by atoms with van der Waals surface area (Å²) in [7, 11) is 3.04. The Balaban J connectivity index is 2.53. The average Bonchev–Trinajstić information content (AvgIpc) is 2.49. The van der Waals surface area contributed by atoms with Gasteiger partial charge in [-0.05, 0) is 42.8 Å². The van der Waals surface area contributed by atoms with E-state index in [-0.39, 0.29) is 5.02 Å². The average molecular weight is 311 g/mol. The maximum atomic E-state index is 13.5. The van der Waals surface area contributed by atoms with Crippen LogP contribution < -0.4 is 9.47 Å². The third kappa shape index (κ3) is 3.12. The fourth-order valence-corrected chi connectivity index (χ4v) is 2.36. The van der Waals surface area contributed by atoms with Crippen molar-refractivity contribution in [2.24, 2.45) is 0 Å². The molecule has 2 rings (SSSR count). The summed E-state index contributed by atoms with van der Waals surface area (Å²) in [5, 5.41) is 10.7. The van der Waals surface area contributed by atoms with Crippen molar-refractivity contribution in [3.63, 3.8) is 0 Å². The molecule has 0 aliphatic heterocycles. The molecule has 0 aromatic heterocycles. The second-order valence-electron chi connectivity index (χ2n) is 4.63. The summed E-state index contributed by atoms with van der Waals surface area (Å²) in [4.78, 5) is 0. The van der Waals surface area contributed by atoms with Gasteiger partial charge in [-0.15, -0.1) is 0 Å². The van der Waals surface area contributed by atoms with E-state index in [1.165, 1.54) is 26.4 Å². The minimum absolute atomic E-state index is 0.162. The maximum Gasteiger partial charge on any atom is 0.127 e. The van der Waals surface area contributed by atoms with E-state index in [9.17, 15) is 9.50 Å². The van der Waals surface area contributed by atoms with Crippen molar-refractivity contribution < 1.29 is 19.0 Å². The molecule has 0 radical (unpaired) electrons. The number of aliphatic hydroxyl groups excluding tert-OH is 1. The van der Waals surface area contributed by atoms with Crippen molar-refractivity contribution in [2.45, 2.75) is 13.0 Å². The molecule has 1 unspecified atom stereocenters. The molecule has 3 nitrogen and oxygen atoms in total. The van der Waals surface area contributed by atoms with Crippen molar-refractivity contribution in [1.82, 2.24) is 0 Å². The van der Waals surface area contributed by atoms with E-state index in [2.05, 4.69) is 0 Å². The molecule has 0 bridgehead atoms. The number of hydrogen-bond acceptors (Lipinski definition) is 3. The van der Waals surface area contributed by atoms with Gasteiger partial charge in [0, 0.05) is 16.1 Å². The van der Waals surface area contributed by atoms with Crippen molar-refractivity contribution in [1.29, 1.82) is 0 Å². The van der Waals surface area contributed by atoms with Gasteiger partial charge >= 0.3 is 0 Å². The standard InChI is InChI=1S/C16H16ClFO3/c1-9-6-11(13(17)8-14(9)18)16(19)12-7-10(20-2)4-5-15(12)21-3/h4-8,16,19H,1-3H3. The van der Waals surface area contributed by atoms with Crippen LogP contribution in [0.4, 0.5) is 4.39 Å². The summed E-state index contributed by atoms with van der Waals surface area (Å²) in [6, 6.07) is 7.82. The summed E-state index contributed by atoms with van der Waals surface area (Å²) in [5.41, 5.74) is 1.34. The van der Waals surface area contributed by atoms with E-state index in [0.29, 0.717) is 28.2 Å². The monoisotopic (exact) mass is 310 g/mol. The van der Waals surface area contributed by atoms with E-state index in [0.717, 1.165) is 0 Å². The molecule has 21 heavy (non-hydrogen) atoms. The fraction of sp³-hybridized carbons (Fsp3) is 0.250. The largest absolute Gasteiger partial charge is 0.497 e. The highest BCUT2D eigenvalue weighted by atomic mass is 35.5. The van der Waals surface area contributed by atoms with Crippen LogP contribution in [-0.4, -0.2) is 19.3 Å². The SMILES string of the molecule is COc1ccc(OC)c(C(O)c2cc(C)c(F)cc2Cl)c1. The Morgan fingerprint density at radius 1 is 1.10 bits per heavy atom.